The number of aromatic nitrogens is 2. The van der Waals surface area contributed by atoms with Gasteiger partial charge in [-0.1, -0.05) is 18.2 Å². The number of hydrogen-bond acceptors (Lipinski definition) is 6. The summed E-state index contributed by atoms with van der Waals surface area (Å²) in [6.07, 6.45) is 5.16. The minimum Gasteiger partial charge on any atom is -0.507 e. The molecule has 9 heteroatoms. The summed E-state index contributed by atoms with van der Waals surface area (Å²) in [5.74, 6) is 0.960. The quantitative estimate of drug-likeness (QED) is 0.519. The van der Waals surface area contributed by atoms with Crippen LogP contribution in [0.25, 0.3) is 11.3 Å². The van der Waals surface area contributed by atoms with Gasteiger partial charge in [0.15, 0.2) is 0 Å². The molecule has 1 aliphatic rings. The van der Waals surface area contributed by atoms with Crippen LogP contribution in [0.5, 0.6) is 5.75 Å². The van der Waals surface area contributed by atoms with Crippen molar-refractivity contribution in [2.45, 2.75) is 43.0 Å². The molecule has 0 amide bonds. The molecule has 0 spiro atoms. The molecule has 3 aromatic rings. The van der Waals surface area contributed by atoms with Crippen molar-refractivity contribution in [3.8, 4) is 17.0 Å². The number of phenolic OH excluding ortho intramolecular Hbond substituents is 1. The van der Waals surface area contributed by atoms with Gasteiger partial charge in [-0.2, -0.15) is 0 Å². The van der Waals surface area contributed by atoms with E-state index in [0.717, 1.165) is 5.69 Å². The highest BCUT2D eigenvalue weighted by atomic mass is 35.5. The van der Waals surface area contributed by atoms with Crippen LogP contribution in [0.15, 0.2) is 53.1 Å². The lowest BCUT2D eigenvalue weighted by atomic mass is 9.80. The van der Waals surface area contributed by atoms with Crippen LogP contribution in [0.3, 0.4) is 0 Å². The number of alkyl halides is 1. The van der Waals surface area contributed by atoms with Crippen LogP contribution in [0, 0.1) is 0 Å². The van der Waals surface area contributed by atoms with Crippen LogP contribution in [0.2, 0.25) is 0 Å². The largest absolute Gasteiger partial charge is 0.507 e. The first kappa shape index (κ1) is 21.8. The first-order valence-electron chi connectivity index (χ1n) is 10.0. The third-order valence-electron chi connectivity index (χ3n) is 5.64. The third-order valence-corrected chi connectivity index (χ3v) is 6.67. The molecule has 164 valence electrons. The van der Waals surface area contributed by atoms with Crippen molar-refractivity contribution in [2.24, 2.45) is 0 Å². The zero-order chi connectivity index (χ0) is 22.1. The smallest absolute Gasteiger partial charge is 0.208 e. The Morgan fingerprint density at radius 2 is 2.00 bits per heavy atom. The van der Waals surface area contributed by atoms with Crippen molar-refractivity contribution in [1.82, 2.24) is 14.7 Å². The topological polar surface area (TPSA) is 105 Å². The summed E-state index contributed by atoms with van der Waals surface area (Å²) in [6, 6.07) is 12.5. The molecule has 1 aromatic carbocycles. The molecule has 0 bridgehead atoms. The summed E-state index contributed by atoms with van der Waals surface area (Å²) in [4.78, 5) is 9.33. The Morgan fingerprint density at radius 3 is 2.71 bits per heavy atom. The number of oxazole rings is 1. The Kier molecular flexibility index (Phi) is 6.05. The number of hydrogen-bond donors (Lipinski definition) is 2. The number of rotatable bonds is 7. The molecule has 1 saturated carbocycles. The monoisotopic (exact) mass is 461 g/mol. The Hall–Kier alpha value is -2.42. The van der Waals surface area contributed by atoms with E-state index in [-0.39, 0.29) is 17.7 Å². The lowest BCUT2D eigenvalue weighted by molar-refractivity contribution is 0.316. The third kappa shape index (κ3) is 4.92. The fourth-order valence-electron chi connectivity index (χ4n) is 4.34. The minimum absolute atomic E-state index is 0.166. The van der Waals surface area contributed by atoms with E-state index in [2.05, 4.69) is 9.71 Å². The Morgan fingerprint density at radius 1 is 1.19 bits per heavy atom. The number of aromatic hydroxyl groups is 1. The predicted octanol–water partition coefficient (Wildman–Crippen LogP) is 3.76. The van der Waals surface area contributed by atoms with Gasteiger partial charge in [-0.05, 0) is 43.5 Å². The van der Waals surface area contributed by atoms with E-state index in [4.69, 9.17) is 21.0 Å². The molecule has 1 aliphatic carbocycles. The zero-order valence-electron chi connectivity index (χ0n) is 17.1. The summed E-state index contributed by atoms with van der Waals surface area (Å²) < 4.78 is 32.1. The number of pyridine rings is 1. The maximum Gasteiger partial charge on any atom is 0.208 e. The molecule has 1 fully saturated rings. The SMILES string of the molecule is CS(=O)(=O)N[C@H]1CC[C@](Cc2cccc(-c3ccccc3O)n2)(c2nc(CCl)co2)C1. The summed E-state index contributed by atoms with van der Waals surface area (Å²) in [7, 11) is -3.33. The van der Waals surface area contributed by atoms with Gasteiger partial charge in [0.25, 0.3) is 0 Å². The standard InChI is InChI=1S/C22H24ClN3O4S/c1-31(28,29)26-16-9-10-22(12-16,21-25-17(13-23)14-30-21)11-15-5-4-7-19(24-15)18-6-2-3-8-20(18)27/h2-8,14,16,26-27H,9-13H2,1H3/t16-,22+/m0/s1. The number of nitrogens with one attached hydrogen (secondary N) is 1. The van der Waals surface area contributed by atoms with E-state index in [1.165, 1.54) is 6.26 Å². The molecule has 2 aromatic heterocycles. The maximum atomic E-state index is 11.8. The van der Waals surface area contributed by atoms with E-state index in [0.29, 0.717) is 48.5 Å². The highest BCUT2D eigenvalue weighted by Crippen LogP contribution is 2.44. The molecule has 2 heterocycles. The van der Waals surface area contributed by atoms with E-state index in [1.54, 1.807) is 18.4 Å². The van der Waals surface area contributed by atoms with Crippen molar-refractivity contribution < 1.29 is 17.9 Å². The van der Waals surface area contributed by atoms with Crippen LogP contribution in [-0.2, 0) is 27.7 Å². The zero-order valence-corrected chi connectivity index (χ0v) is 18.7. The van der Waals surface area contributed by atoms with Gasteiger partial charge in [0.05, 0.1) is 28.9 Å². The first-order valence-corrected chi connectivity index (χ1v) is 12.4. The number of para-hydroxylation sites is 1. The van der Waals surface area contributed by atoms with Crippen LogP contribution < -0.4 is 4.72 Å². The van der Waals surface area contributed by atoms with Gasteiger partial charge in [-0.15, -0.1) is 11.6 Å². The maximum absolute atomic E-state index is 11.8. The lowest BCUT2D eigenvalue weighted by Gasteiger charge is -2.26. The molecular formula is C22H24ClN3O4S. The average Bonchev–Trinajstić information content (AvgIpc) is 3.35. The Bertz CT molecular complexity index is 1180. The van der Waals surface area contributed by atoms with Crippen LogP contribution in [-0.4, -0.2) is 35.8 Å². The van der Waals surface area contributed by atoms with Crippen molar-refractivity contribution in [3.63, 3.8) is 0 Å². The number of sulfonamides is 1. The summed E-state index contributed by atoms with van der Waals surface area (Å²) in [5.41, 5.74) is 2.28. The second-order valence-corrected chi connectivity index (χ2v) is 10.1. The van der Waals surface area contributed by atoms with Gasteiger partial charge in [0.1, 0.15) is 12.0 Å². The van der Waals surface area contributed by atoms with Gasteiger partial charge in [-0.25, -0.2) is 18.1 Å². The van der Waals surface area contributed by atoms with Gasteiger partial charge < -0.3 is 9.52 Å². The molecule has 4 rings (SSSR count). The molecule has 0 saturated heterocycles. The van der Waals surface area contributed by atoms with Gasteiger partial charge in [0, 0.05) is 23.7 Å². The van der Waals surface area contributed by atoms with Crippen molar-refractivity contribution in [3.05, 3.63) is 66.0 Å². The first-order chi connectivity index (χ1) is 14.8. The summed E-state index contributed by atoms with van der Waals surface area (Å²) >= 11 is 5.92. The highest BCUT2D eigenvalue weighted by molar-refractivity contribution is 7.88. The molecule has 2 N–H and O–H groups in total. The molecule has 31 heavy (non-hydrogen) atoms. The average molecular weight is 462 g/mol. The second-order valence-electron chi connectivity index (χ2n) is 8.10. The predicted molar refractivity (Wildman–Crippen MR) is 118 cm³/mol. The fraction of sp³-hybridized carbons (Fsp3) is 0.364. The molecule has 7 nitrogen and oxygen atoms in total. The van der Waals surface area contributed by atoms with Gasteiger partial charge >= 0.3 is 0 Å². The van der Waals surface area contributed by atoms with E-state index < -0.39 is 15.4 Å². The van der Waals surface area contributed by atoms with Crippen LogP contribution in [0.1, 0.15) is 36.5 Å². The molecule has 2 atom stereocenters. The normalized spacial score (nSPS) is 21.4. The van der Waals surface area contributed by atoms with Gasteiger partial charge in [0.2, 0.25) is 15.9 Å². The second kappa shape index (κ2) is 8.61. The minimum atomic E-state index is -3.33. The van der Waals surface area contributed by atoms with Crippen molar-refractivity contribution in [1.29, 1.82) is 0 Å². The molecule has 0 radical (unpaired) electrons. The number of halogens is 1. The van der Waals surface area contributed by atoms with Crippen LogP contribution >= 0.6 is 11.6 Å². The van der Waals surface area contributed by atoms with Crippen LogP contribution in [0.4, 0.5) is 0 Å². The Labute approximate surface area is 186 Å². The lowest BCUT2D eigenvalue weighted by Crippen LogP contribution is -2.35. The van der Waals surface area contributed by atoms with Crippen molar-refractivity contribution >= 4 is 21.6 Å². The number of phenols is 1. The molecule has 0 aliphatic heterocycles. The highest BCUT2D eigenvalue weighted by Gasteiger charge is 2.45. The Balaban J connectivity index is 1.68. The molecule has 0 unspecified atom stereocenters. The van der Waals surface area contributed by atoms with E-state index >= 15 is 0 Å². The van der Waals surface area contributed by atoms with Crippen molar-refractivity contribution in [2.75, 3.05) is 6.26 Å². The summed E-state index contributed by atoms with van der Waals surface area (Å²) in [6.45, 7) is 0. The number of nitrogens with zero attached hydrogens (tertiary/aromatic N) is 2. The van der Waals surface area contributed by atoms with Gasteiger partial charge in [-0.3, -0.25) is 4.98 Å². The molecular weight excluding hydrogens is 438 g/mol. The number of benzene rings is 1. The van der Waals surface area contributed by atoms with E-state index in [1.807, 2.05) is 30.3 Å². The summed E-state index contributed by atoms with van der Waals surface area (Å²) in [5, 5.41) is 10.2. The fourth-order valence-corrected chi connectivity index (χ4v) is 5.27. The van der Waals surface area contributed by atoms with E-state index in [9.17, 15) is 13.5 Å².